The van der Waals surface area contributed by atoms with Crippen molar-refractivity contribution in [2.24, 2.45) is 0 Å². The summed E-state index contributed by atoms with van der Waals surface area (Å²) in [5.74, 6) is -0.764. The number of carboxylic acid groups (broad SMARTS) is 1. The molecule has 0 fully saturated rings. The second kappa shape index (κ2) is 2.42. The maximum Gasteiger partial charge on any atom is 0.324 e. The molecule has 1 N–H and O–H groups in total. The Morgan fingerprint density at radius 1 is 1.90 bits per heavy atom. The number of carbonyl (C=O) groups is 1. The van der Waals surface area contributed by atoms with Gasteiger partial charge in [0.25, 0.3) is 0 Å². The summed E-state index contributed by atoms with van der Waals surface area (Å²) in [5.41, 5.74) is 1.13. The molecule has 0 spiro atoms. The Balaban J connectivity index is 2.69. The summed E-state index contributed by atoms with van der Waals surface area (Å²) < 4.78 is 0. The molecule has 0 aromatic rings. The standard InChI is InChI=1S/C7H11NO2/c1-5-3-6(7(9)10)8(2)4-5/h3,6H,4H2,1-2H3,(H,9,10)/t6-/m0/s1. The van der Waals surface area contributed by atoms with Gasteiger partial charge >= 0.3 is 5.97 Å². The fourth-order valence-corrected chi connectivity index (χ4v) is 1.20. The van der Waals surface area contributed by atoms with E-state index in [0.717, 1.165) is 12.1 Å². The summed E-state index contributed by atoms with van der Waals surface area (Å²) in [6, 6.07) is -0.403. The average molecular weight is 141 g/mol. The van der Waals surface area contributed by atoms with Crippen molar-refractivity contribution in [3.8, 4) is 0 Å². The summed E-state index contributed by atoms with van der Waals surface area (Å²) in [7, 11) is 1.81. The quantitative estimate of drug-likeness (QED) is 0.535. The minimum atomic E-state index is -0.764. The Morgan fingerprint density at radius 3 is 2.70 bits per heavy atom. The van der Waals surface area contributed by atoms with Crippen molar-refractivity contribution in [3.63, 3.8) is 0 Å². The van der Waals surface area contributed by atoms with Gasteiger partial charge in [-0.1, -0.05) is 11.6 Å². The van der Waals surface area contributed by atoms with Gasteiger partial charge in [-0.2, -0.15) is 0 Å². The first-order valence-electron chi connectivity index (χ1n) is 3.21. The highest BCUT2D eigenvalue weighted by Gasteiger charge is 2.24. The Kier molecular flexibility index (Phi) is 1.76. The molecule has 1 rings (SSSR count). The van der Waals surface area contributed by atoms with Crippen LogP contribution in [0.2, 0.25) is 0 Å². The van der Waals surface area contributed by atoms with Crippen molar-refractivity contribution in [1.82, 2.24) is 4.90 Å². The topological polar surface area (TPSA) is 40.5 Å². The molecule has 0 radical (unpaired) electrons. The Hall–Kier alpha value is -0.830. The van der Waals surface area contributed by atoms with Gasteiger partial charge in [-0.25, -0.2) is 0 Å². The third kappa shape index (κ3) is 1.19. The van der Waals surface area contributed by atoms with Gasteiger partial charge < -0.3 is 5.11 Å². The maximum absolute atomic E-state index is 10.5. The number of aliphatic carboxylic acids is 1. The molecule has 1 aliphatic rings. The average Bonchev–Trinajstić information content (AvgIpc) is 2.10. The molecule has 1 atom stereocenters. The molecule has 0 aromatic heterocycles. The highest BCUT2D eigenvalue weighted by atomic mass is 16.4. The number of hydrogen-bond donors (Lipinski definition) is 1. The van der Waals surface area contributed by atoms with Crippen molar-refractivity contribution in [3.05, 3.63) is 11.6 Å². The van der Waals surface area contributed by atoms with E-state index in [-0.39, 0.29) is 0 Å². The van der Waals surface area contributed by atoms with Crippen LogP contribution in [0.15, 0.2) is 11.6 Å². The van der Waals surface area contributed by atoms with Gasteiger partial charge in [0.2, 0.25) is 0 Å². The van der Waals surface area contributed by atoms with Gasteiger partial charge in [0.1, 0.15) is 6.04 Å². The summed E-state index contributed by atoms with van der Waals surface area (Å²) in [5, 5.41) is 8.62. The fourth-order valence-electron chi connectivity index (χ4n) is 1.20. The lowest BCUT2D eigenvalue weighted by Gasteiger charge is -2.13. The monoisotopic (exact) mass is 141 g/mol. The first-order valence-corrected chi connectivity index (χ1v) is 3.21. The molecule has 0 bridgehead atoms. The molecule has 0 aliphatic carbocycles. The molecule has 3 nitrogen and oxygen atoms in total. The third-order valence-corrected chi connectivity index (χ3v) is 1.67. The Morgan fingerprint density at radius 2 is 2.50 bits per heavy atom. The van der Waals surface area contributed by atoms with Gasteiger partial charge in [0.15, 0.2) is 0 Å². The Bertz CT molecular complexity index is 186. The predicted molar refractivity (Wildman–Crippen MR) is 37.8 cm³/mol. The van der Waals surface area contributed by atoms with E-state index < -0.39 is 12.0 Å². The number of rotatable bonds is 1. The summed E-state index contributed by atoms with van der Waals surface area (Å²) >= 11 is 0. The van der Waals surface area contributed by atoms with Crippen LogP contribution in [0.25, 0.3) is 0 Å². The molecule has 0 saturated heterocycles. The molecule has 56 valence electrons. The van der Waals surface area contributed by atoms with E-state index in [2.05, 4.69) is 0 Å². The highest BCUT2D eigenvalue weighted by molar-refractivity contribution is 5.76. The normalized spacial score (nSPS) is 26.6. The first-order chi connectivity index (χ1) is 4.61. The zero-order valence-corrected chi connectivity index (χ0v) is 6.16. The van der Waals surface area contributed by atoms with Crippen molar-refractivity contribution < 1.29 is 9.90 Å². The van der Waals surface area contributed by atoms with Crippen molar-refractivity contribution >= 4 is 5.97 Å². The van der Waals surface area contributed by atoms with Gasteiger partial charge in [-0.05, 0) is 14.0 Å². The van der Waals surface area contributed by atoms with Crippen LogP contribution in [0.3, 0.4) is 0 Å². The van der Waals surface area contributed by atoms with Gasteiger partial charge in [0, 0.05) is 6.54 Å². The maximum atomic E-state index is 10.5. The highest BCUT2D eigenvalue weighted by Crippen LogP contribution is 2.12. The SMILES string of the molecule is CC1=C[C@@H](C(=O)O)N(C)C1. The minimum absolute atomic E-state index is 0.403. The van der Waals surface area contributed by atoms with E-state index in [1.165, 1.54) is 0 Å². The van der Waals surface area contributed by atoms with Crippen LogP contribution in [0, 0.1) is 0 Å². The van der Waals surface area contributed by atoms with E-state index in [0.29, 0.717) is 0 Å². The molecule has 0 aromatic carbocycles. The molecule has 0 unspecified atom stereocenters. The smallest absolute Gasteiger partial charge is 0.324 e. The van der Waals surface area contributed by atoms with Crippen molar-refractivity contribution in [2.45, 2.75) is 13.0 Å². The Labute approximate surface area is 59.9 Å². The molecular formula is C7H11NO2. The van der Waals surface area contributed by atoms with Crippen LogP contribution < -0.4 is 0 Å². The lowest BCUT2D eigenvalue weighted by atomic mass is 10.2. The predicted octanol–water partition coefficient (Wildman–Crippen LogP) is 0.331. The third-order valence-electron chi connectivity index (χ3n) is 1.67. The molecule has 1 heterocycles. The number of nitrogens with zero attached hydrogens (tertiary/aromatic N) is 1. The molecule has 0 saturated carbocycles. The van der Waals surface area contributed by atoms with Crippen LogP contribution >= 0.6 is 0 Å². The van der Waals surface area contributed by atoms with Crippen LogP contribution in [0.5, 0.6) is 0 Å². The van der Waals surface area contributed by atoms with E-state index in [1.807, 2.05) is 14.0 Å². The zero-order chi connectivity index (χ0) is 7.72. The fraction of sp³-hybridized carbons (Fsp3) is 0.571. The second-order valence-electron chi connectivity index (χ2n) is 2.71. The van der Waals surface area contributed by atoms with Crippen molar-refractivity contribution in [2.75, 3.05) is 13.6 Å². The van der Waals surface area contributed by atoms with E-state index in [9.17, 15) is 4.79 Å². The van der Waals surface area contributed by atoms with E-state index in [4.69, 9.17) is 5.11 Å². The largest absolute Gasteiger partial charge is 0.480 e. The van der Waals surface area contributed by atoms with E-state index in [1.54, 1.807) is 11.0 Å². The van der Waals surface area contributed by atoms with Crippen molar-refractivity contribution in [1.29, 1.82) is 0 Å². The molecule has 1 aliphatic heterocycles. The minimum Gasteiger partial charge on any atom is -0.480 e. The van der Waals surface area contributed by atoms with Crippen LogP contribution in [0.1, 0.15) is 6.92 Å². The van der Waals surface area contributed by atoms with Gasteiger partial charge in [0.05, 0.1) is 0 Å². The number of carboxylic acids is 1. The van der Waals surface area contributed by atoms with Crippen LogP contribution in [-0.2, 0) is 4.79 Å². The second-order valence-corrected chi connectivity index (χ2v) is 2.71. The summed E-state index contributed by atoms with van der Waals surface area (Å²) in [6.45, 7) is 2.72. The molecule has 10 heavy (non-hydrogen) atoms. The zero-order valence-electron chi connectivity index (χ0n) is 6.16. The molecular weight excluding hydrogens is 130 g/mol. The first kappa shape index (κ1) is 7.28. The lowest BCUT2D eigenvalue weighted by Crippen LogP contribution is -2.32. The van der Waals surface area contributed by atoms with Crippen LogP contribution in [0.4, 0.5) is 0 Å². The molecule has 0 amide bonds. The number of likely N-dealkylation sites (N-methyl/N-ethyl adjacent to an activating group) is 1. The van der Waals surface area contributed by atoms with Gasteiger partial charge in [-0.15, -0.1) is 0 Å². The summed E-state index contributed by atoms with van der Waals surface area (Å²) in [6.07, 6.45) is 1.78. The summed E-state index contributed by atoms with van der Waals surface area (Å²) in [4.78, 5) is 12.3. The number of hydrogen-bond acceptors (Lipinski definition) is 2. The van der Waals surface area contributed by atoms with Crippen LogP contribution in [-0.4, -0.2) is 35.6 Å². The molecule has 3 heteroatoms. The lowest BCUT2D eigenvalue weighted by molar-refractivity contribution is -0.140. The van der Waals surface area contributed by atoms with E-state index >= 15 is 0 Å². The van der Waals surface area contributed by atoms with Gasteiger partial charge in [-0.3, -0.25) is 9.69 Å².